The molecule has 0 spiro atoms. The molecule has 0 unspecified atom stereocenters. The molecule has 2 amide bonds. The van der Waals surface area contributed by atoms with E-state index < -0.39 is 0 Å². The zero-order chi connectivity index (χ0) is 9.30. The van der Waals surface area contributed by atoms with Crippen molar-refractivity contribution >= 4 is 11.8 Å². The zero-order valence-electron chi connectivity index (χ0n) is 7.33. The lowest BCUT2D eigenvalue weighted by Gasteiger charge is -2.35. The molecule has 1 rings (SSSR count). The molecular formula is C8H12N2O2. The van der Waals surface area contributed by atoms with Crippen molar-refractivity contribution in [3.63, 3.8) is 0 Å². The van der Waals surface area contributed by atoms with Crippen molar-refractivity contribution in [3.05, 3.63) is 12.3 Å². The van der Waals surface area contributed by atoms with E-state index in [9.17, 15) is 9.59 Å². The first kappa shape index (κ1) is 8.77. The summed E-state index contributed by atoms with van der Waals surface area (Å²) in [4.78, 5) is 22.4. The highest BCUT2D eigenvalue weighted by Crippen LogP contribution is 2.15. The van der Waals surface area contributed by atoms with Gasteiger partial charge in [0.2, 0.25) is 11.8 Å². The molecule has 1 saturated heterocycles. The second-order valence-corrected chi connectivity index (χ2v) is 2.86. The van der Waals surface area contributed by atoms with Gasteiger partial charge in [0, 0.05) is 25.6 Å². The predicted molar refractivity (Wildman–Crippen MR) is 43.7 cm³/mol. The van der Waals surface area contributed by atoms with Crippen LogP contribution >= 0.6 is 0 Å². The maximum absolute atomic E-state index is 11.3. The van der Waals surface area contributed by atoms with E-state index in [-0.39, 0.29) is 18.2 Å². The van der Waals surface area contributed by atoms with Crippen LogP contribution in [0.4, 0.5) is 0 Å². The molecule has 0 aliphatic carbocycles. The van der Waals surface area contributed by atoms with Crippen molar-refractivity contribution in [1.82, 2.24) is 10.0 Å². The molecule has 1 aliphatic heterocycles. The van der Waals surface area contributed by atoms with Crippen LogP contribution in [0, 0.1) is 0 Å². The summed E-state index contributed by atoms with van der Waals surface area (Å²) in [6.07, 6.45) is 0.592. The van der Waals surface area contributed by atoms with Crippen molar-refractivity contribution in [2.24, 2.45) is 0 Å². The van der Waals surface area contributed by atoms with Gasteiger partial charge in [0.25, 0.3) is 0 Å². The Labute approximate surface area is 71.4 Å². The number of hydrogen-bond donors (Lipinski definition) is 0. The molecule has 0 aromatic heterocycles. The van der Waals surface area contributed by atoms with Gasteiger partial charge in [0.05, 0.1) is 0 Å². The highest BCUT2D eigenvalue weighted by molar-refractivity contribution is 5.90. The summed E-state index contributed by atoms with van der Waals surface area (Å²) in [5.74, 6) is -0.109. The molecule has 0 aromatic rings. The van der Waals surface area contributed by atoms with Gasteiger partial charge in [0.15, 0.2) is 0 Å². The molecule has 1 aliphatic rings. The lowest BCUT2D eigenvalue weighted by Crippen LogP contribution is -2.49. The van der Waals surface area contributed by atoms with Crippen molar-refractivity contribution in [2.75, 3.05) is 7.05 Å². The number of hydrazine groups is 1. The van der Waals surface area contributed by atoms with E-state index >= 15 is 0 Å². The van der Waals surface area contributed by atoms with Gasteiger partial charge >= 0.3 is 0 Å². The average Bonchev–Trinajstić information content (AvgIpc) is 1.97. The summed E-state index contributed by atoms with van der Waals surface area (Å²) >= 11 is 0. The summed E-state index contributed by atoms with van der Waals surface area (Å²) in [6, 6.07) is 0. The molecule has 1 heterocycles. The number of amides is 2. The number of allylic oxidation sites excluding steroid dienone is 1. The zero-order valence-corrected chi connectivity index (χ0v) is 7.33. The topological polar surface area (TPSA) is 40.6 Å². The van der Waals surface area contributed by atoms with Crippen LogP contribution in [0.3, 0.4) is 0 Å². The summed E-state index contributed by atoms with van der Waals surface area (Å²) in [6.45, 7) is 5.33. The third-order valence-electron chi connectivity index (χ3n) is 1.81. The standard InChI is InChI=1S/C8H12N2O2/c1-6(2)10-8(12)5-4-7(11)9(10)3/h1,4-5H2,2-3H3. The Morgan fingerprint density at radius 3 is 2.25 bits per heavy atom. The van der Waals surface area contributed by atoms with E-state index in [1.165, 1.54) is 10.0 Å². The Kier molecular flexibility index (Phi) is 2.17. The summed E-state index contributed by atoms with van der Waals surface area (Å²) in [5.41, 5.74) is 0.579. The molecule has 0 radical (unpaired) electrons. The fourth-order valence-electron chi connectivity index (χ4n) is 1.23. The third-order valence-corrected chi connectivity index (χ3v) is 1.81. The molecule has 66 valence electrons. The number of carbonyl (C=O) groups excluding carboxylic acids is 2. The SMILES string of the molecule is C=C(C)N1C(=O)CCC(=O)N1C. The van der Waals surface area contributed by atoms with E-state index in [1.54, 1.807) is 14.0 Å². The second-order valence-electron chi connectivity index (χ2n) is 2.86. The maximum Gasteiger partial charge on any atom is 0.246 e. The van der Waals surface area contributed by atoms with Gasteiger partial charge in [-0.15, -0.1) is 0 Å². The lowest BCUT2D eigenvalue weighted by atomic mass is 10.2. The normalized spacial score (nSPS) is 18.5. The molecule has 0 saturated carbocycles. The Balaban J connectivity index is 2.86. The van der Waals surface area contributed by atoms with E-state index in [2.05, 4.69) is 6.58 Å². The summed E-state index contributed by atoms with van der Waals surface area (Å²) in [7, 11) is 1.58. The van der Waals surface area contributed by atoms with E-state index in [0.717, 1.165) is 0 Å². The van der Waals surface area contributed by atoms with Crippen LogP contribution < -0.4 is 0 Å². The molecule has 0 atom stereocenters. The van der Waals surface area contributed by atoms with Crippen molar-refractivity contribution < 1.29 is 9.59 Å². The average molecular weight is 168 g/mol. The van der Waals surface area contributed by atoms with Gasteiger partial charge < -0.3 is 0 Å². The van der Waals surface area contributed by atoms with E-state index in [1.807, 2.05) is 0 Å². The molecule has 4 heteroatoms. The van der Waals surface area contributed by atoms with Gasteiger partial charge in [-0.05, 0) is 6.92 Å². The Bertz CT molecular complexity index is 247. The quantitative estimate of drug-likeness (QED) is 0.572. The second kappa shape index (κ2) is 2.97. The fourth-order valence-corrected chi connectivity index (χ4v) is 1.23. The molecule has 0 bridgehead atoms. The summed E-state index contributed by atoms with van der Waals surface area (Å²) < 4.78 is 0. The van der Waals surface area contributed by atoms with Gasteiger partial charge in [0.1, 0.15) is 0 Å². The van der Waals surface area contributed by atoms with Crippen LogP contribution in [-0.4, -0.2) is 28.9 Å². The summed E-state index contributed by atoms with van der Waals surface area (Å²) in [5, 5.41) is 2.62. The first-order valence-electron chi connectivity index (χ1n) is 3.79. The van der Waals surface area contributed by atoms with Gasteiger partial charge in [-0.25, -0.2) is 5.01 Å². The number of hydrogen-bond acceptors (Lipinski definition) is 2. The Hall–Kier alpha value is -1.32. The molecule has 4 nitrogen and oxygen atoms in total. The fraction of sp³-hybridized carbons (Fsp3) is 0.500. The molecule has 12 heavy (non-hydrogen) atoms. The third kappa shape index (κ3) is 1.32. The predicted octanol–water partition coefficient (Wildman–Crippen LogP) is 0.516. The van der Waals surface area contributed by atoms with Crippen LogP contribution in [0.25, 0.3) is 0 Å². The van der Waals surface area contributed by atoms with Crippen LogP contribution in [0.5, 0.6) is 0 Å². The van der Waals surface area contributed by atoms with Gasteiger partial charge in [-0.1, -0.05) is 6.58 Å². The molecule has 0 N–H and O–H groups in total. The Morgan fingerprint density at radius 1 is 1.33 bits per heavy atom. The van der Waals surface area contributed by atoms with Crippen molar-refractivity contribution in [3.8, 4) is 0 Å². The number of rotatable bonds is 1. The monoisotopic (exact) mass is 168 g/mol. The van der Waals surface area contributed by atoms with Crippen LogP contribution in [-0.2, 0) is 9.59 Å². The minimum atomic E-state index is -0.0652. The first-order chi connectivity index (χ1) is 5.54. The first-order valence-corrected chi connectivity index (χ1v) is 3.79. The lowest BCUT2D eigenvalue weighted by molar-refractivity contribution is -0.163. The van der Waals surface area contributed by atoms with Crippen LogP contribution in [0.1, 0.15) is 19.8 Å². The molecule has 0 aromatic carbocycles. The largest absolute Gasteiger partial charge is 0.273 e. The molecular weight excluding hydrogens is 156 g/mol. The van der Waals surface area contributed by atoms with E-state index in [0.29, 0.717) is 12.1 Å². The van der Waals surface area contributed by atoms with Crippen LogP contribution in [0.15, 0.2) is 12.3 Å². The minimum absolute atomic E-state index is 0.0439. The molecule has 1 fully saturated rings. The highest BCUT2D eigenvalue weighted by atomic mass is 16.2. The van der Waals surface area contributed by atoms with Crippen molar-refractivity contribution in [2.45, 2.75) is 19.8 Å². The van der Waals surface area contributed by atoms with Gasteiger partial charge in [-0.3, -0.25) is 14.6 Å². The van der Waals surface area contributed by atoms with E-state index in [4.69, 9.17) is 0 Å². The number of nitrogens with zero attached hydrogens (tertiary/aromatic N) is 2. The van der Waals surface area contributed by atoms with Crippen molar-refractivity contribution in [1.29, 1.82) is 0 Å². The Morgan fingerprint density at radius 2 is 1.83 bits per heavy atom. The maximum atomic E-state index is 11.3. The minimum Gasteiger partial charge on any atom is -0.273 e. The highest BCUT2D eigenvalue weighted by Gasteiger charge is 2.28. The van der Waals surface area contributed by atoms with Gasteiger partial charge in [-0.2, -0.15) is 0 Å². The number of carbonyl (C=O) groups is 2. The van der Waals surface area contributed by atoms with Crippen LogP contribution in [0.2, 0.25) is 0 Å². The smallest absolute Gasteiger partial charge is 0.246 e.